The minimum absolute atomic E-state index is 0.191. The zero-order valence-electron chi connectivity index (χ0n) is 14.8. The van der Waals surface area contributed by atoms with E-state index in [1.165, 1.54) is 16.7 Å². The molecule has 0 saturated heterocycles. The lowest BCUT2D eigenvalue weighted by molar-refractivity contribution is 0.0641. The van der Waals surface area contributed by atoms with Crippen LogP contribution in [0.15, 0.2) is 12.1 Å². The highest BCUT2D eigenvalue weighted by atomic mass is 16.2. The Hall–Kier alpha value is -1.31. The number of aryl methyl sites for hydroxylation is 3. The Morgan fingerprint density at radius 3 is 1.62 bits per heavy atom. The molecule has 0 radical (unpaired) electrons. The van der Waals surface area contributed by atoms with Gasteiger partial charge in [-0.3, -0.25) is 4.79 Å². The Morgan fingerprint density at radius 1 is 0.905 bits per heavy atom. The van der Waals surface area contributed by atoms with Crippen molar-refractivity contribution in [1.29, 1.82) is 0 Å². The van der Waals surface area contributed by atoms with Crippen molar-refractivity contribution >= 4 is 5.91 Å². The van der Waals surface area contributed by atoms with Crippen LogP contribution in [0.5, 0.6) is 0 Å². The van der Waals surface area contributed by atoms with E-state index < -0.39 is 0 Å². The average molecular weight is 289 g/mol. The molecule has 0 atom stereocenters. The fraction of sp³-hybridized carbons (Fsp3) is 0.632. The molecule has 2 heteroatoms. The Labute approximate surface area is 130 Å². The highest BCUT2D eigenvalue weighted by molar-refractivity contribution is 5.97. The van der Waals surface area contributed by atoms with Crippen molar-refractivity contribution in [2.45, 2.75) is 79.8 Å². The second-order valence-electron chi connectivity index (χ2n) is 6.25. The summed E-state index contributed by atoms with van der Waals surface area (Å²) in [7, 11) is 0. The molecular weight excluding hydrogens is 258 g/mol. The van der Waals surface area contributed by atoms with Gasteiger partial charge in [0.2, 0.25) is 0 Å². The van der Waals surface area contributed by atoms with Gasteiger partial charge in [0.15, 0.2) is 0 Å². The number of hydrogen-bond donors (Lipinski definition) is 0. The van der Waals surface area contributed by atoms with Gasteiger partial charge < -0.3 is 4.90 Å². The van der Waals surface area contributed by atoms with E-state index in [0.717, 1.165) is 24.8 Å². The zero-order valence-corrected chi connectivity index (χ0v) is 14.8. The molecule has 0 unspecified atom stereocenters. The number of rotatable bonds is 6. The maximum Gasteiger partial charge on any atom is 0.254 e. The first kappa shape index (κ1) is 17.7. The Kier molecular flexibility index (Phi) is 6.44. The molecule has 0 saturated carbocycles. The van der Waals surface area contributed by atoms with Gasteiger partial charge in [-0.15, -0.1) is 0 Å². The van der Waals surface area contributed by atoms with Crippen molar-refractivity contribution in [3.05, 3.63) is 34.4 Å². The van der Waals surface area contributed by atoms with E-state index in [1.807, 2.05) is 4.90 Å². The van der Waals surface area contributed by atoms with Gasteiger partial charge in [0.1, 0.15) is 0 Å². The van der Waals surface area contributed by atoms with Crippen LogP contribution in [0.2, 0.25) is 0 Å². The predicted octanol–water partition coefficient (Wildman–Crippen LogP) is 4.63. The van der Waals surface area contributed by atoms with E-state index >= 15 is 0 Å². The third kappa shape index (κ3) is 3.87. The van der Waals surface area contributed by atoms with Gasteiger partial charge in [-0.1, -0.05) is 32.9 Å². The van der Waals surface area contributed by atoms with Crippen LogP contribution in [-0.2, 0) is 19.3 Å². The molecule has 0 aliphatic carbocycles. The number of carbonyl (C=O) groups is 1. The fourth-order valence-corrected chi connectivity index (χ4v) is 3.07. The van der Waals surface area contributed by atoms with Crippen molar-refractivity contribution in [3.63, 3.8) is 0 Å². The molecule has 1 rings (SSSR count). The second-order valence-corrected chi connectivity index (χ2v) is 6.25. The monoisotopic (exact) mass is 289 g/mol. The van der Waals surface area contributed by atoms with Crippen molar-refractivity contribution < 1.29 is 4.79 Å². The minimum atomic E-state index is 0.191. The standard InChI is InChI=1S/C19H31NO/c1-8-15-11-16(9-2)18(17(10-3)12-15)19(21)20(13(4)5)14(6)7/h11-14H,8-10H2,1-7H3. The van der Waals surface area contributed by atoms with Gasteiger partial charge in [-0.2, -0.15) is 0 Å². The summed E-state index contributed by atoms with van der Waals surface area (Å²) in [6, 6.07) is 4.87. The molecule has 0 heterocycles. The molecule has 0 fully saturated rings. The van der Waals surface area contributed by atoms with Crippen LogP contribution in [0, 0.1) is 0 Å². The van der Waals surface area contributed by atoms with Gasteiger partial charge in [0.25, 0.3) is 5.91 Å². The Bertz CT molecular complexity index is 455. The molecule has 1 amide bonds. The zero-order chi connectivity index (χ0) is 16.2. The van der Waals surface area contributed by atoms with Crippen molar-refractivity contribution in [2.24, 2.45) is 0 Å². The molecule has 118 valence electrons. The molecule has 1 aromatic carbocycles. The maximum atomic E-state index is 13.1. The smallest absolute Gasteiger partial charge is 0.254 e. The van der Waals surface area contributed by atoms with Gasteiger partial charge >= 0.3 is 0 Å². The summed E-state index contributed by atoms with van der Waals surface area (Å²) in [5.41, 5.74) is 4.67. The van der Waals surface area contributed by atoms with Crippen LogP contribution < -0.4 is 0 Å². The first-order valence-corrected chi connectivity index (χ1v) is 8.34. The molecule has 21 heavy (non-hydrogen) atoms. The van der Waals surface area contributed by atoms with Gasteiger partial charge in [0.05, 0.1) is 0 Å². The van der Waals surface area contributed by atoms with Crippen LogP contribution in [0.3, 0.4) is 0 Å². The summed E-state index contributed by atoms with van der Waals surface area (Å²) in [6.07, 6.45) is 2.84. The second kappa shape index (κ2) is 7.63. The third-order valence-electron chi connectivity index (χ3n) is 4.09. The number of carbonyl (C=O) groups excluding carboxylic acids is 1. The summed E-state index contributed by atoms with van der Waals surface area (Å²) >= 11 is 0. The van der Waals surface area contributed by atoms with E-state index in [0.29, 0.717) is 0 Å². The maximum absolute atomic E-state index is 13.1. The van der Waals surface area contributed by atoms with Crippen molar-refractivity contribution in [3.8, 4) is 0 Å². The molecule has 1 aromatic rings. The van der Waals surface area contributed by atoms with E-state index in [9.17, 15) is 4.79 Å². The molecule has 0 spiro atoms. The highest BCUT2D eigenvalue weighted by Crippen LogP contribution is 2.23. The SMILES string of the molecule is CCc1cc(CC)c(C(=O)N(C(C)C)C(C)C)c(CC)c1. The van der Waals surface area contributed by atoms with Crippen LogP contribution >= 0.6 is 0 Å². The average Bonchev–Trinajstić information content (AvgIpc) is 2.44. The van der Waals surface area contributed by atoms with Gasteiger partial charge in [0, 0.05) is 17.6 Å². The number of hydrogen-bond acceptors (Lipinski definition) is 1. The number of benzene rings is 1. The van der Waals surface area contributed by atoms with Gasteiger partial charge in [-0.05, 0) is 63.6 Å². The highest BCUT2D eigenvalue weighted by Gasteiger charge is 2.25. The van der Waals surface area contributed by atoms with E-state index in [-0.39, 0.29) is 18.0 Å². The van der Waals surface area contributed by atoms with Crippen LogP contribution in [0.4, 0.5) is 0 Å². The van der Waals surface area contributed by atoms with Crippen LogP contribution in [0.1, 0.15) is 75.5 Å². The summed E-state index contributed by atoms with van der Waals surface area (Å²) in [4.78, 5) is 15.1. The van der Waals surface area contributed by atoms with E-state index in [1.54, 1.807) is 0 Å². The van der Waals surface area contributed by atoms with Crippen LogP contribution in [-0.4, -0.2) is 22.9 Å². The summed E-state index contributed by atoms with van der Waals surface area (Å²) in [5, 5.41) is 0. The molecule has 0 aromatic heterocycles. The Balaban J connectivity index is 3.42. The molecule has 0 N–H and O–H groups in total. The quantitative estimate of drug-likeness (QED) is 0.747. The molecular formula is C19H31NO. The third-order valence-corrected chi connectivity index (χ3v) is 4.09. The first-order valence-electron chi connectivity index (χ1n) is 8.34. The summed E-state index contributed by atoms with van der Waals surface area (Å²) in [6.45, 7) is 14.8. The number of amides is 1. The minimum Gasteiger partial charge on any atom is -0.334 e. The molecule has 0 aliphatic rings. The summed E-state index contributed by atoms with van der Waals surface area (Å²) < 4.78 is 0. The van der Waals surface area contributed by atoms with Crippen molar-refractivity contribution in [1.82, 2.24) is 4.90 Å². The van der Waals surface area contributed by atoms with E-state index in [4.69, 9.17) is 0 Å². The normalized spacial score (nSPS) is 11.3. The topological polar surface area (TPSA) is 20.3 Å². The van der Waals surface area contributed by atoms with Gasteiger partial charge in [-0.25, -0.2) is 0 Å². The molecule has 0 bridgehead atoms. The lowest BCUT2D eigenvalue weighted by Gasteiger charge is -2.32. The number of nitrogens with zero attached hydrogens (tertiary/aromatic N) is 1. The Morgan fingerprint density at radius 2 is 1.33 bits per heavy atom. The first-order chi connectivity index (χ1) is 9.87. The fourth-order valence-electron chi connectivity index (χ4n) is 3.07. The summed E-state index contributed by atoms with van der Waals surface area (Å²) in [5.74, 6) is 0.191. The lowest BCUT2D eigenvalue weighted by Crippen LogP contribution is -2.42. The van der Waals surface area contributed by atoms with Crippen molar-refractivity contribution in [2.75, 3.05) is 0 Å². The van der Waals surface area contributed by atoms with Crippen LogP contribution in [0.25, 0.3) is 0 Å². The lowest BCUT2D eigenvalue weighted by atomic mass is 9.92. The predicted molar refractivity (Wildman–Crippen MR) is 91.0 cm³/mol. The molecule has 0 aliphatic heterocycles. The molecule has 2 nitrogen and oxygen atoms in total. The largest absolute Gasteiger partial charge is 0.334 e. The van der Waals surface area contributed by atoms with E-state index in [2.05, 4.69) is 60.6 Å².